The van der Waals surface area contributed by atoms with Crippen LogP contribution in [-0.2, 0) is 5.41 Å². The van der Waals surface area contributed by atoms with Crippen molar-refractivity contribution in [2.45, 2.75) is 19.3 Å². The molecule has 4 nitrogen and oxygen atoms in total. The zero-order valence-electron chi connectivity index (χ0n) is 29.9. The zero-order valence-corrected chi connectivity index (χ0v) is 29.9. The standard InChI is InChI=1S/C50H34N2O2/c1-50(2)43-17-8-6-13-38(43)39-25-23-35(30-44(39)50)52(34-24-28-47-42(29-34)40-14-7-9-18-46(40)53-47)33-21-19-31(20-22-33)36-15-10-16-41-37(36)26-27-45-48(41)54-49(51-45)32-11-4-3-5-12-32/h3-30H,1-2H3. The molecule has 0 aliphatic heterocycles. The molecule has 0 amide bonds. The van der Waals surface area contributed by atoms with Crippen LogP contribution in [0.15, 0.2) is 179 Å². The highest BCUT2D eigenvalue weighted by molar-refractivity contribution is 6.09. The molecule has 0 radical (unpaired) electrons. The number of oxazole rings is 1. The van der Waals surface area contributed by atoms with Crippen LogP contribution in [0.25, 0.3) is 77.5 Å². The van der Waals surface area contributed by atoms with E-state index in [0.29, 0.717) is 5.89 Å². The summed E-state index contributed by atoms with van der Waals surface area (Å²) in [6.45, 7) is 4.67. The van der Waals surface area contributed by atoms with Gasteiger partial charge in [0.25, 0.3) is 0 Å². The predicted molar refractivity (Wildman–Crippen MR) is 222 cm³/mol. The summed E-state index contributed by atoms with van der Waals surface area (Å²) in [6.07, 6.45) is 0. The summed E-state index contributed by atoms with van der Waals surface area (Å²) < 4.78 is 12.6. The number of hydrogen-bond donors (Lipinski definition) is 0. The van der Waals surface area contributed by atoms with Gasteiger partial charge in [0.05, 0.1) is 0 Å². The molecule has 0 saturated carbocycles. The Hall–Kier alpha value is -6.91. The number of anilines is 3. The summed E-state index contributed by atoms with van der Waals surface area (Å²) in [5.41, 5.74) is 15.2. The van der Waals surface area contributed by atoms with E-state index in [2.05, 4.69) is 146 Å². The average molecular weight is 695 g/mol. The van der Waals surface area contributed by atoms with Crippen LogP contribution in [0.2, 0.25) is 0 Å². The average Bonchev–Trinajstić information content (AvgIpc) is 3.89. The lowest BCUT2D eigenvalue weighted by molar-refractivity contribution is 0.623. The minimum absolute atomic E-state index is 0.118. The van der Waals surface area contributed by atoms with Crippen molar-refractivity contribution in [1.82, 2.24) is 4.98 Å². The summed E-state index contributed by atoms with van der Waals surface area (Å²) >= 11 is 0. The zero-order chi connectivity index (χ0) is 36.0. The molecular weight excluding hydrogens is 661 g/mol. The predicted octanol–water partition coefficient (Wildman–Crippen LogP) is 14.0. The van der Waals surface area contributed by atoms with Crippen LogP contribution in [0.4, 0.5) is 17.1 Å². The third-order valence-electron chi connectivity index (χ3n) is 11.3. The molecule has 10 aromatic rings. The molecule has 8 aromatic carbocycles. The number of benzene rings is 8. The van der Waals surface area contributed by atoms with Crippen LogP contribution >= 0.6 is 0 Å². The second-order valence-electron chi connectivity index (χ2n) is 14.8. The van der Waals surface area contributed by atoms with Crippen LogP contribution in [0.1, 0.15) is 25.0 Å². The van der Waals surface area contributed by atoms with Crippen LogP contribution in [0.5, 0.6) is 0 Å². The third-order valence-corrected chi connectivity index (χ3v) is 11.3. The first-order valence-corrected chi connectivity index (χ1v) is 18.5. The van der Waals surface area contributed by atoms with E-state index in [1.54, 1.807) is 0 Å². The molecule has 0 unspecified atom stereocenters. The van der Waals surface area contributed by atoms with Gasteiger partial charge in [0.1, 0.15) is 16.7 Å². The third kappa shape index (κ3) is 4.60. The number of furan rings is 1. The Bertz CT molecular complexity index is 3080. The Morgan fingerprint density at radius 3 is 2.02 bits per heavy atom. The highest BCUT2D eigenvalue weighted by atomic mass is 16.3. The van der Waals surface area contributed by atoms with Crippen molar-refractivity contribution >= 4 is 60.9 Å². The van der Waals surface area contributed by atoms with Gasteiger partial charge in [-0.05, 0) is 105 Å². The highest BCUT2D eigenvalue weighted by Gasteiger charge is 2.35. The van der Waals surface area contributed by atoms with Gasteiger partial charge in [-0.2, -0.15) is 0 Å². The lowest BCUT2D eigenvalue weighted by Gasteiger charge is -2.28. The highest BCUT2D eigenvalue weighted by Crippen LogP contribution is 2.51. The molecule has 0 saturated heterocycles. The molecule has 0 spiro atoms. The lowest BCUT2D eigenvalue weighted by Crippen LogP contribution is -2.16. The number of fused-ring (bicyclic) bond motifs is 9. The minimum atomic E-state index is -0.118. The Kier molecular flexibility index (Phi) is 6.56. The maximum absolute atomic E-state index is 6.40. The molecule has 54 heavy (non-hydrogen) atoms. The van der Waals surface area contributed by atoms with Gasteiger partial charge in [0, 0.05) is 44.2 Å². The molecule has 4 heteroatoms. The summed E-state index contributed by atoms with van der Waals surface area (Å²) in [4.78, 5) is 7.19. The van der Waals surface area contributed by atoms with Crippen molar-refractivity contribution in [3.05, 3.63) is 181 Å². The van der Waals surface area contributed by atoms with Gasteiger partial charge in [-0.3, -0.25) is 0 Å². The molecule has 2 heterocycles. The first-order valence-electron chi connectivity index (χ1n) is 18.5. The first kappa shape index (κ1) is 30.7. The summed E-state index contributed by atoms with van der Waals surface area (Å²) in [5, 5.41) is 4.39. The Morgan fingerprint density at radius 2 is 1.13 bits per heavy atom. The normalized spacial score (nSPS) is 13.1. The van der Waals surface area contributed by atoms with E-state index in [-0.39, 0.29) is 5.41 Å². The van der Waals surface area contributed by atoms with Crippen molar-refractivity contribution in [2.24, 2.45) is 0 Å². The Morgan fingerprint density at radius 1 is 0.444 bits per heavy atom. The largest absolute Gasteiger partial charge is 0.456 e. The second-order valence-corrected chi connectivity index (χ2v) is 14.8. The van der Waals surface area contributed by atoms with Gasteiger partial charge in [-0.1, -0.05) is 117 Å². The number of para-hydroxylation sites is 1. The Balaban J connectivity index is 1.04. The fraction of sp³-hybridized carbons (Fsp3) is 0.0600. The smallest absolute Gasteiger partial charge is 0.227 e. The summed E-state index contributed by atoms with van der Waals surface area (Å²) in [7, 11) is 0. The molecule has 1 aliphatic rings. The van der Waals surface area contributed by atoms with Gasteiger partial charge in [0.15, 0.2) is 5.58 Å². The van der Waals surface area contributed by atoms with Crippen molar-refractivity contribution in [2.75, 3.05) is 4.90 Å². The maximum Gasteiger partial charge on any atom is 0.227 e. The maximum atomic E-state index is 6.40. The van der Waals surface area contributed by atoms with Gasteiger partial charge in [0.2, 0.25) is 5.89 Å². The van der Waals surface area contributed by atoms with Gasteiger partial charge >= 0.3 is 0 Å². The molecule has 1 aliphatic carbocycles. The molecule has 2 aromatic heterocycles. The van der Waals surface area contributed by atoms with Gasteiger partial charge in [-0.25, -0.2) is 4.98 Å². The van der Waals surface area contributed by atoms with Crippen molar-refractivity contribution in [1.29, 1.82) is 0 Å². The van der Waals surface area contributed by atoms with E-state index in [9.17, 15) is 0 Å². The Labute approximate surface area is 312 Å². The quantitative estimate of drug-likeness (QED) is 0.180. The van der Waals surface area contributed by atoms with E-state index >= 15 is 0 Å². The first-order chi connectivity index (χ1) is 26.5. The number of hydrogen-bond acceptors (Lipinski definition) is 4. The van der Waals surface area contributed by atoms with Crippen molar-refractivity contribution < 1.29 is 8.83 Å². The lowest BCUT2D eigenvalue weighted by atomic mass is 9.82. The van der Waals surface area contributed by atoms with E-state index < -0.39 is 0 Å². The van der Waals surface area contributed by atoms with E-state index in [1.807, 2.05) is 42.5 Å². The summed E-state index contributed by atoms with van der Waals surface area (Å²) in [5.74, 6) is 0.633. The molecule has 0 fully saturated rings. The second kappa shape index (κ2) is 11.5. The molecular formula is C50H34N2O2. The monoisotopic (exact) mass is 694 g/mol. The molecule has 11 rings (SSSR count). The van der Waals surface area contributed by atoms with Gasteiger partial charge in [-0.15, -0.1) is 0 Å². The molecule has 256 valence electrons. The van der Waals surface area contributed by atoms with Crippen LogP contribution in [0, 0.1) is 0 Å². The molecule has 0 atom stereocenters. The van der Waals surface area contributed by atoms with Gasteiger partial charge < -0.3 is 13.7 Å². The van der Waals surface area contributed by atoms with E-state index in [4.69, 9.17) is 13.8 Å². The molecule has 0 bridgehead atoms. The fourth-order valence-corrected chi connectivity index (χ4v) is 8.62. The topological polar surface area (TPSA) is 42.4 Å². The SMILES string of the molecule is CC1(C)c2ccccc2-c2ccc(N(c3ccc(-c4cccc5c4ccc4nc(-c6ccccc6)oc45)cc3)c3ccc4oc5ccccc5c4c3)cc21. The number of aromatic nitrogens is 1. The van der Waals surface area contributed by atoms with Crippen LogP contribution < -0.4 is 4.90 Å². The number of rotatable bonds is 5. The van der Waals surface area contributed by atoms with Crippen LogP contribution in [0.3, 0.4) is 0 Å². The van der Waals surface area contributed by atoms with Crippen molar-refractivity contribution in [3.8, 4) is 33.7 Å². The van der Waals surface area contributed by atoms with Crippen molar-refractivity contribution in [3.63, 3.8) is 0 Å². The van der Waals surface area contributed by atoms with Crippen LogP contribution in [-0.4, -0.2) is 4.98 Å². The van der Waals surface area contributed by atoms with E-state index in [0.717, 1.165) is 77.6 Å². The van der Waals surface area contributed by atoms with E-state index in [1.165, 1.54) is 22.3 Å². The summed E-state index contributed by atoms with van der Waals surface area (Å²) in [6, 6.07) is 60.2. The number of nitrogens with zero attached hydrogens (tertiary/aromatic N) is 2. The molecule has 0 N–H and O–H groups in total. The minimum Gasteiger partial charge on any atom is -0.456 e. The fourth-order valence-electron chi connectivity index (χ4n) is 8.62.